The van der Waals surface area contributed by atoms with Crippen LogP contribution in [0.3, 0.4) is 0 Å². The SMILES string of the molecule is CO[C@H]1CC=C2C(=O)c3c(O)cc(C)c(-c4c(C)cc(O)c5c4O[C@]4(C)C(=CC[C@H](OC)[C@@H]4O)C5=O)c3O[C@@]2(C)[C@@H]1O. The van der Waals surface area contributed by atoms with Gasteiger partial charge in [-0.3, -0.25) is 9.59 Å². The number of hydrogen-bond donors (Lipinski definition) is 4. The first-order valence-corrected chi connectivity index (χ1v) is 13.8. The number of aliphatic hydroxyl groups excluding tert-OH is 2. The van der Waals surface area contributed by atoms with Crippen LogP contribution in [0.1, 0.15) is 58.5 Å². The second kappa shape index (κ2) is 9.40. The van der Waals surface area contributed by atoms with Crippen LogP contribution in [0.4, 0.5) is 0 Å². The van der Waals surface area contributed by atoms with E-state index >= 15 is 0 Å². The number of aliphatic hydroxyl groups is 2. The predicted octanol–water partition coefficient (Wildman–Crippen LogP) is 3.46. The van der Waals surface area contributed by atoms with Gasteiger partial charge in [0.15, 0.2) is 22.8 Å². The number of carbonyl (C=O) groups excluding carboxylic acids is 2. The third kappa shape index (κ3) is 3.59. The monoisotopic (exact) mass is 578 g/mol. The minimum atomic E-state index is -1.51. The Bertz CT molecular complexity index is 1500. The topological polar surface area (TPSA) is 152 Å². The normalized spacial score (nSPS) is 31.5. The van der Waals surface area contributed by atoms with E-state index in [4.69, 9.17) is 18.9 Å². The van der Waals surface area contributed by atoms with Gasteiger partial charge >= 0.3 is 0 Å². The number of Topliss-reactive ketones (excluding diaryl/α,β-unsaturated/α-hetero) is 2. The lowest BCUT2D eigenvalue weighted by Gasteiger charge is -2.47. The summed E-state index contributed by atoms with van der Waals surface area (Å²) in [6.07, 6.45) is 0.197. The molecule has 0 spiro atoms. The van der Waals surface area contributed by atoms with Gasteiger partial charge in [0, 0.05) is 36.5 Å². The highest BCUT2D eigenvalue weighted by Gasteiger charge is 2.55. The van der Waals surface area contributed by atoms with Crippen LogP contribution in [-0.4, -0.2) is 81.8 Å². The zero-order chi connectivity index (χ0) is 30.5. The number of rotatable bonds is 3. The van der Waals surface area contributed by atoms with Gasteiger partial charge in [0.05, 0.1) is 12.2 Å². The van der Waals surface area contributed by atoms with Crippen molar-refractivity contribution in [1.82, 2.24) is 0 Å². The number of fused-ring (bicyclic) bond motifs is 4. The molecule has 0 saturated carbocycles. The number of hydrogen-bond acceptors (Lipinski definition) is 10. The highest BCUT2D eigenvalue weighted by molar-refractivity contribution is 6.18. The Morgan fingerprint density at radius 2 is 1.07 bits per heavy atom. The predicted molar refractivity (Wildman–Crippen MR) is 150 cm³/mol. The molecular formula is C32H34O10. The molecule has 0 radical (unpaired) electrons. The fraction of sp³-hybridized carbons (Fsp3) is 0.438. The van der Waals surface area contributed by atoms with E-state index in [2.05, 4.69) is 0 Å². The summed E-state index contributed by atoms with van der Waals surface area (Å²) in [6, 6.07) is 2.87. The third-order valence-corrected chi connectivity index (χ3v) is 9.35. The van der Waals surface area contributed by atoms with Crippen LogP contribution in [0.2, 0.25) is 0 Å². The smallest absolute Gasteiger partial charge is 0.200 e. The van der Waals surface area contributed by atoms with E-state index in [1.54, 1.807) is 39.8 Å². The summed E-state index contributed by atoms with van der Waals surface area (Å²) >= 11 is 0. The molecule has 10 heteroatoms. The fourth-order valence-electron chi connectivity index (χ4n) is 6.97. The molecule has 2 aromatic rings. The van der Waals surface area contributed by atoms with E-state index in [9.17, 15) is 30.0 Å². The van der Waals surface area contributed by atoms with Crippen molar-refractivity contribution in [3.63, 3.8) is 0 Å². The number of ketones is 2. The largest absolute Gasteiger partial charge is 0.507 e. The molecule has 2 aromatic carbocycles. The van der Waals surface area contributed by atoms with Crippen molar-refractivity contribution in [3.05, 3.63) is 57.7 Å². The maximum atomic E-state index is 13.9. The molecule has 10 nitrogen and oxygen atoms in total. The summed E-state index contributed by atoms with van der Waals surface area (Å²) in [7, 11) is 2.93. The quantitative estimate of drug-likeness (QED) is 0.426. The molecule has 2 aliphatic carbocycles. The van der Waals surface area contributed by atoms with E-state index in [0.29, 0.717) is 22.3 Å². The molecule has 2 heterocycles. The zero-order valence-corrected chi connectivity index (χ0v) is 24.3. The maximum absolute atomic E-state index is 13.9. The van der Waals surface area contributed by atoms with E-state index in [0.717, 1.165) is 0 Å². The second-order valence-electron chi connectivity index (χ2n) is 11.8. The lowest BCUT2D eigenvalue weighted by Crippen LogP contribution is -2.58. The van der Waals surface area contributed by atoms with Gasteiger partial charge in [0.25, 0.3) is 0 Å². The number of ether oxygens (including phenoxy) is 4. The molecule has 222 valence electrons. The van der Waals surface area contributed by atoms with Crippen molar-refractivity contribution in [1.29, 1.82) is 0 Å². The van der Waals surface area contributed by atoms with Gasteiger partial charge in [0.2, 0.25) is 0 Å². The van der Waals surface area contributed by atoms with E-state index in [-0.39, 0.29) is 58.1 Å². The van der Waals surface area contributed by atoms with E-state index < -0.39 is 47.2 Å². The van der Waals surface area contributed by atoms with Crippen LogP contribution < -0.4 is 9.47 Å². The van der Waals surface area contributed by atoms with Gasteiger partial charge in [-0.15, -0.1) is 0 Å². The maximum Gasteiger partial charge on any atom is 0.200 e. The number of phenolic OH excluding ortho intramolecular Hbond substituents is 2. The van der Waals surface area contributed by atoms with Crippen LogP contribution in [0.5, 0.6) is 23.0 Å². The first-order chi connectivity index (χ1) is 19.8. The standard InChI is InChI=1S/C32H34O10/c1-13-11-17(33)23-25(35)15-7-9-19(39-5)29(37)31(15,3)41-27(23)21(13)22-14(2)12-18(34)24-26(36)16-8-10-20(40-6)30(38)32(16,4)42-28(22)24/h7-8,11-12,19-20,29-30,33-34,37-38H,9-10H2,1-6H3/t19-,20-,29-,30+,31+,32+/m0/s1. The van der Waals surface area contributed by atoms with Crippen molar-refractivity contribution in [2.75, 3.05) is 14.2 Å². The molecule has 0 amide bonds. The van der Waals surface area contributed by atoms with Crippen LogP contribution in [0.25, 0.3) is 11.1 Å². The van der Waals surface area contributed by atoms with Gasteiger partial charge in [-0.2, -0.15) is 0 Å². The van der Waals surface area contributed by atoms with Gasteiger partial charge in [-0.25, -0.2) is 0 Å². The Balaban J connectivity index is 1.64. The van der Waals surface area contributed by atoms with Crippen molar-refractivity contribution >= 4 is 11.6 Å². The van der Waals surface area contributed by atoms with Gasteiger partial charge in [0.1, 0.15) is 46.3 Å². The van der Waals surface area contributed by atoms with Crippen LogP contribution >= 0.6 is 0 Å². The summed E-state index contributed by atoms with van der Waals surface area (Å²) in [4.78, 5) is 27.8. The van der Waals surface area contributed by atoms with Gasteiger partial charge < -0.3 is 39.4 Å². The molecule has 2 aliphatic heterocycles. The zero-order valence-electron chi connectivity index (χ0n) is 24.3. The van der Waals surface area contributed by atoms with Crippen molar-refractivity contribution < 1.29 is 49.0 Å². The first kappa shape index (κ1) is 28.4. The highest BCUT2D eigenvalue weighted by atomic mass is 16.5. The highest BCUT2D eigenvalue weighted by Crippen LogP contribution is 2.56. The molecule has 0 fully saturated rings. The lowest BCUT2D eigenvalue weighted by molar-refractivity contribution is -0.103. The summed E-state index contributed by atoms with van der Waals surface area (Å²) in [5, 5.41) is 44.5. The number of aryl methyl sites for hydroxylation is 2. The minimum Gasteiger partial charge on any atom is -0.507 e. The molecule has 0 unspecified atom stereocenters. The molecule has 42 heavy (non-hydrogen) atoms. The Morgan fingerprint density at radius 1 is 0.714 bits per heavy atom. The molecule has 4 N–H and O–H groups in total. The molecular weight excluding hydrogens is 544 g/mol. The number of carbonyl (C=O) groups is 2. The van der Waals surface area contributed by atoms with Gasteiger partial charge in [-0.1, -0.05) is 12.2 Å². The third-order valence-electron chi connectivity index (χ3n) is 9.35. The Labute approximate surface area is 242 Å². The average Bonchev–Trinajstić information content (AvgIpc) is 2.92. The van der Waals surface area contributed by atoms with Crippen LogP contribution in [-0.2, 0) is 9.47 Å². The number of methoxy groups -OCH3 is 2. The van der Waals surface area contributed by atoms with Gasteiger partial charge in [-0.05, 0) is 63.8 Å². The van der Waals surface area contributed by atoms with Crippen molar-refractivity contribution in [2.45, 2.75) is 76.2 Å². The van der Waals surface area contributed by atoms with Crippen molar-refractivity contribution in [3.8, 4) is 34.1 Å². The van der Waals surface area contributed by atoms with Crippen LogP contribution in [0.15, 0.2) is 35.4 Å². The summed E-state index contributed by atoms with van der Waals surface area (Å²) in [5.74, 6) is -1.59. The molecule has 0 saturated heterocycles. The molecule has 6 atom stereocenters. The Morgan fingerprint density at radius 3 is 1.40 bits per heavy atom. The molecule has 0 aromatic heterocycles. The number of phenols is 2. The summed E-state index contributed by atoms with van der Waals surface area (Å²) < 4.78 is 23.9. The van der Waals surface area contributed by atoms with Crippen molar-refractivity contribution in [2.24, 2.45) is 0 Å². The molecule has 0 bridgehead atoms. The fourth-order valence-corrected chi connectivity index (χ4v) is 6.97. The lowest BCUT2D eigenvalue weighted by atomic mass is 9.73. The molecule has 6 rings (SSSR count). The minimum absolute atomic E-state index is 0.00504. The molecule has 4 aliphatic rings. The van der Waals surface area contributed by atoms with Crippen LogP contribution in [0, 0.1) is 13.8 Å². The number of benzene rings is 2. The second-order valence-corrected chi connectivity index (χ2v) is 11.8. The Hall–Kier alpha value is -3.70. The average molecular weight is 579 g/mol. The first-order valence-electron chi connectivity index (χ1n) is 13.8. The summed E-state index contributed by atoms with van der Waals surface area (Å²) in [5.41, 5.74) is -1.13. The van der Waals surface area contributed by atoms with E-state index in [1.165, 1.54) is 26.4 Å². The summed E-state index contributed by atoms with van der Waals surface area (Å²) in [6.45, 7) is 6.61. The van der Waals surface area contributed by atoms with E-state index in [1.807, 2.05) is 0 Å². The Kier molecular flexibility index (Phi) is 6.36. The number of aromatic hydroxyl groups is 2.